The Hall–Kier alpha value is -2.24. The molecular weight excluding hydrogens is 468 g/mol. The Bertz CT molecular complexity index is 1310. The zero-order chi connectivity index (χ0) is 23.2. The molecule has 0 saturated carbocycles. The van der Waals surface area contributed by atoms with Crippen molar-refractivity contribution in [1.82, 2.24) is 14.3 Å². The minimum absolute atomic E-state index is 0.0480. The lowest BCUT2D eigenvalue weighted by Crippen LogP contribution is -2.39. The van der Waals surface area contributed by atoms with E-state index in [4.69, 9.17) is 12.2 Å². The number of sulfone groups is 1. The average Bonchev–Trinajstić information content (AvgIpc) is 3.20. The smallest absolute Gasteiger partial charge is 0.267 e. The zero-order valence-electron chi connectivity index (χ0n) is 18.0. The van der Waals surface area contributed by atoms with E-state index in [-0.39, 0.29) is 28.5 Å². The normalized spacial score (nSPS) is 21.9. The first kappa shape index (κ1) is 22.9. The molecule has 11 heteroatoms. The maximum absolute atomic E-state index is 13.3. The molecule has 2 saturated heterocycles. The van der Waals surface area contributed by atoms with Crippen LogP contribution < -0.4 is 10.9 Å². The van der Waals surface area contributed by atoms with Crippen molar-refractivity contribution < 1.29 is 13.2 Å². The summed E-state index contributed by atoms with van der Waals surface area (Å²) in [4.78, 5) is 32.8. The fourth-order valence-electron chi connectivity index (χ4n) is 3.78. The van der Waals surface area contributed by atoms with E-state index in [2.05, 4.69) is 10.3 Å². The molecule has 0 radical (unpaired) electrons. The van der Waals surface area contributed by atoms with E-state index in [1.165, 1.54) is 15.4 Å². The number of aryl methyl sites for hydroxylation is 1. The van der Waals surface area contributed by atoms with E-state index in [1.807, 2.05) is 26.8 Å². The number of anilines is 1. The molecule has 1 unspecified atom stereocenters. The highest BCUT2D eigenvalue weighted by molar-refractivity contribution is 8.26. The molecule has 1 atom stereocenters. The molecule has 0 aliphatic carbocycles. The van der Waals surface area contributed by atoms with Crippen molar-refractivity contribution in [3.63, 3.8) is 0 Å². The number of amides is 1. The van der Waals surface area contributed by atoms with Crippen molar-refractivity contribution in [1.29, 1.82) is 0 Å². The molecule has 2 aromatic heterocycles. The molecule has 32 heavy (non-hydrogen) atoms. The summed E-state index contributed by atoms with van der Waals surface area (Å²) in [5, 5.41) is 3.23. The van der Waals surface area contributed by atoms with Crippen molar-refractivity contribution in [2.45, 2.75) is 33.2 Å². The van der Waals surface area contributed by atoms with Crippen molar-refractivity contribution in [3.8, 4) is 0 Å². The second-order valence-electron chi connectivity index (χ2n) is 8.45. The minimum Gasteiger partial charge on any atom is -0.369 e. The molecule has 8 nitrogen and oxygen atoms in total. The van der Waals surface area contributed by atoms with Crippen molar-refractivity contribution >= 4 is 61.6 Å². The number of nitrogens with zero attached hydrogens (tertiary/aromatic N) is 3. The van der Waals surface area contributed by atoms with E-state index in [0.717, 1.165) is 17.3 Å². The number of pyridine rings is 1. The molecule has 1 amide bonds. The highest BCUT2D eigenvalue weighted by Gasteiger charge is 2.42. The Kier molecular flexibility index (Phi) is 6.17. The molecule has 2 aliphatic heterocycles. The lowest BCUT2D eigenvalue weighted by molar-refractivity contribution is -0.123. The number of hydrogen-bond acceptors (Lipinski definition) is 8. The van der Waals surface area contributed by atoms with Gasteiger partial charge in [0.15, 0.2) is 9.84 Å². The fourth-order valence-corrected chi connectivity index (χ4v) is 6.86. The Morgan fingerprint density at radius 1 is 1.38 bits per heavy atom. The predicted octanol–water partition coefficient (Wildman–Crippen LogP) is 2.46. The summed E-state index contributed by atoms with van der Waals surface area (Å²) in [7, 11) is -3.17. The van der Waals surface area contributed by atoms with Crippen LogP contribution in [0.2, 0.25) is 0 Å². The summed E-state index contributed by atoms with van der Waals surface area (Å²) in [6.07, 6.45) is 3.54. The van der Waals surface area contributed by atoms with E-state index in [9.17, 15) is 18.0 Å². The molecule has 0 bridgehead atoms. The molecule has 1 N–H and O–H groups in total. The van der Waals surface area contributed by atoms with Crippen LogP contribution in [0.15, 0.2) is 28.0 Å². The number of hydrogen-bond donors (Lipinski definition) is 1. The van der Waals surface area contributed by atoms with E-state index >= 15 is 0 Å². The monoisotopic (exact) mass is 492 g/mol. The molecular formula is C21H24N4O4S3. The van der Waals surface area contributed by atoms with Gasteiger partial charge in [-0.25, -0.2) is 13.4 Å². The van der Waals surface area contributed by atoms with Crippen LogP contribution >= 0.6 is 24.0 Å². The summed E-state index contributed by atoms with van der Waals surface area (Å²) in [5.74, 6) is 0.319. The number of fused-ring (bicyclic) bond motifs is 1. The Labute approximate surface area is 196 Å². The van der Waals surface area contributed by atoms with Gasteiger partial charge in [0, 0.05) is 12.7 Å². The Morgan fingerprint density at radius 2 is 2.12 bits per heavy atom. The molecule has 2 aromatic rings. The van der Waals surface area contributed by atoms with Crippen LogP contribution in [0.4, 0.5) is 5.82 Å². The highest BCUT2D eigenvalue weighted by Crippen LogP contribution is 2.36. The van der Waals surface area contributed by atoms with Gasteiger partial charge in [0.05, 0.1) is 28.0 Å². The van der Waals surface area contributed by atoms with Crippen LogP contribution in [-0.4, -0.2) is 57.0 Å². The van der Waals surface area contributed by atoms with Gasteiger partial charge in [-0.05, 0) is 37.0 Å². The minimum atomic E-state index is -3.17. The van der Waals surface area contributed by atoms with E-state index < -0.39 is 15.9 Å². The standard InChI is InChI=1S/C21H24N4O4S3/c1-12(2)10-22-17-15(19(26)24-7-4-5-13(3)18(24)23-17)9-16-20(27)25(21(30)31-16)14-6-8-32(28,29)11-14/h4-5,7,9,12,14,22H,6,8,10-11H2,1-3H3/b16-9+. The number of aromatic nitrogens is 2. The van der Waals surface area contributed by atoms with Crippen LogP contribution in [0, 0.1) is 12.8 Å². The first-order valence-corrected chi connectivity index (χ1v) is 13.4. The van der Waals surface area contributed by atoms with Crippen LogP contribution in [0.3, 0.4) is 0 Å². The third kappa shape index (κ3) is 4.33. The molecule has 0 spiro atoms. The van der Waals surface area contributed by atoms with Gasteiger partial charge in [0.1, 0.15) is 15.8 Å². The topological polar surface area (TPSA) is 101 Å². The van der Waals surface area contributed by atoms with Gasteiger partial charge < -0.3 is 5.32 Å². The SMILES string of the molecule is Cc1cccn2c(=O)c(/C=C3/SC(=S)N(C4CCS(=O)(=O)C4)C3=O)c(NCC(C)C)nc12. The predicted molar refractivity (Wildman–Crippen MR) is 132 cm³/mol. The lowest BCUT2D eigenvalue weighted by atomic mass is 10.2. The van der Waals surface area contributed by atoms with Crippen molar-refractivity contribution in [2.24, 2.45) is 5.92 Å². The first-order valence-electron chi connectivity index (χ1n) is 10.3. The maximum atomic E-state index is 13.3. The largest absolute Gasteiger partial charge is 0.369 e. The Morgan fingerprint density at radius 3 is 2.78 bits per heavy atom. The second kappa shape index (κ2) is 8.60. The summed E-state index contributed by atoms with van der Waals surface area (Å²) in [6, 6.07) is 3.20. The van der Waals surface area contributed by atoms with Crippen molar-refractivity contribution in [2.75, 3.05) is 23.4 Å². The third-order valence-corrected chi connectivity index (χ3v) is 8.52. The van der Waals surface area contributed by atoms with Crippen LogP contribution in [0.1, 0.15) is 31.4 Å². The maximum Gasteiger partial charge on any atom is 0.267 e. The van der Waals surface area contributed by atoms with Crippen LogP contribution in [-0.2, 0) is 14.6 Å². The molecule has 170 valence electrons. The number of thioether (sulfide) groups is 1. The van der Waals surface area contributed by atoms with Gasteiger partial charge in [-0.15, -0.1) is 0 Å². The number of nitrogens with one attached hydrogen (secondary N) is 1. The van der Waals surface area contributed by atoms with Gasteiger partial charge in [-0.3, -0.25) is 18.9 Å². The number of carbonyl (C=O) groups excluding carboxylic acids is 1. The lowest BCUT2D eigenvalue weighted by Gasteiger charge is -2.20. The molecule has 4 rings (SSSR count). The summed E-state index contributed by atoms with van der Waals surface area (Å²) < 4.78 is 25.6. The van der Waals surface area contributed by atoms with Gasteiger partial charge in [-0.2, -0.15) is 0 Å². The fraction of sp³-hybridized carbons (Fsp3) is 0.429. The summed E-state index contributed by atoms with van der Waals surface area (Å²) in [5.41, 5.74) is 1.38. The van der Waals surface area contributed by atoms with Gasteiger partial charge in [-0.1, -0.05) is 43.9 Å². The Balaban J connectivity index is 1.78. The number of rotatable bonds is 5. The zero-order valence-corrected chi connectivity index (χ0v) is 20.4. The average molecular weight is 493 g/mol. The quantitative estimate of drug-likeness (QED) is 0.502. The molecule has 2 fully saturated rings. The number of carbonyl (C=O) groups is 1. The third-order valence-electron chi connectivity index (χ3n) is 5.43. The summed E-state index contributed by atoms with van der Waals surface area (Å²) >= 11 is 6.47. The van der Waals surface area contributed by atoms with Gasteiger partial charge >= 0.3 is 0 Å². The van der Waals surface area contributed by atoms with E-state index in [1.54, 1.807) is 12.3 Å². The van der Waals surface area contributed by atoms with Crippen LogP contribution in [0.25, 0.3) is 11.7 Å². The van der Waals surface area contributed by atoms with E-state index in [0.29, 0.717) is 39.6 Å². The highest BCUT2D eigenvalue weighted by atomic mass is 32.2. The first-order chi connectivity index (χ1) is 15.1. The van der Waals surface area contributed by atoms with Gasteiger partial charge in [0.25, 0.3) is 11.5 Å². The second-order valence-corrected chi connectivity index (χ2v) is 12.4. The van der Waals surface area contributed by atoms with Crippen molar-refractivity contribution in [3.05, 3.63) is 44.7 Å². The molecule has 4 heterocycles. The molecule has 0 aromatic carbocycles. The van der Waals surface area contributed by atoms with Crippen LogP contribution in [0.5, 0.6) is 0 Å². The molecule has 2 aliphatic rings. The van der Waals surface area contributed by atoms with Gasteiger partial charge in [0.2, 0.25) is 0 Å². The number of thiocarbonyl (C=S) groups is 1. The summed E-state index contributed by atoms with van der Waals surface area (Å²) in [6.45, 7) is 6.59.